The maximum atomic E-state index is 11.0. The van der Waals surface area contributed by atoms with Crippen LogP contribution < -0.4 is 0 Å². The molecule has 3 nitrogen and oxygen atoms in total. The second-order valence-corrected chi connectivity index (χ2v) is 4.73. The molecule has 0 fully saturated rings. The van der Waals surface area contributed by atoms with Gasteiger partial charge in [-0.05, 0) is 36.6 Å². The summed E-state index contributed by atoms with van der Waals surface area (Å²) in [5.41, 5.74) is 0.944. The van der Waals surface area contributed by atoms with Crippen LogP contribution in [0.3, 0.4) is 0 Å². The summed E-state index contributed by atoms with van der Waals surface area (Å²) in [6, 6.07) is 9.06. The van der Waals surface area contributed by atoms with Crippen LogP contribution >= 0.6 is 23.4 Å². The van der Waals surface area contributed by atoms with E-state index < -0.39 is 5.97 Å². The third-order valence-electron chi connectivity index (χ3n) is 2.36. The van der Waals surface area contributed by atoms with Crippen molar-refractivity contribution in [2.75, 3.05) is 6.26 Å². The van der Waals surface area contributed by atoms with Crippen LogP contribution in [0.2, 0.25) is 5.02 Å². The number of hydrogen-bond acceptors (Lipinski definition) is 2. The summed E-state index contributed by atoms with van der Waals surface area (Å²) < 4.78 is 1.56. The van der Waals surface area contributed by atoms with Crippen LogP contribution in [-0.2, 0) is 0 Å². The molecule has 0 radical (unpaired) electrons. The molecule has 1 N–H and O–H groups in total. The number of halogens is 1. The lowest BCUT2D eigenvalue weighted by Gasteiger charge is -2.06. The Balaban J connectivity index is 2.48. The van der Waals surface area contributed by atoms with Crippen molar-refractivity contribution in [2.45, 2.75) is 4.90 Å². The lowest BCUT2D eigenvalue weighted by molar-refractivity contribution is 0.0688. The van der Waals surface area contributed by atoms with E-state index >= 15 is 0 Å². The standard InChI is InChI=1S/C12H10ClNO2S/c1-17-10-4-2-9(3-5-10)14-7-8(13)6-11(14)12(15)16/h2-7H,1H3,(H,15,16). The van der Waals surface area contributed by atoms with Gasteiger partial charge in [0.2, 0.25) is 0 Å². The Labute approximate surface area is 108 Å². The lowest BCUT2D eigenvalue weighted by atomic mass is 10.3. The van der Waals surface area contributed by atoms with E-state index in [4.69, 9.17) is 16.7 Å². The molecule has 1 heterocycles. The van der Waals surface area contributed by atoms with Gasteiger partial charge in [0.25, 0.3) is 0 Å². The minimum Gasteiger partial charge on any atom is -0.477 e. The molecular formula is C12H10ClNO2S. The number of aromatic carboxylic acids is 1. The Morgan fingerprint density at radius 2 is 2.00 bits per heavy atom. The summed E-state index contributed by atoms with van der Waals surface area (Å²) in [5.74, 6) is -0.995. The molecule has 0 saturated carbocycles. The van der Waals surface area contributed by atoms with Crippen LogP contribution in [0.15, 0.2) is 41.4 Å². The second-order valence-electron chi connectivity index (χ2n) is 3.42. The topological polar surface area (TPSA) is 42.2 Å². The first-order valence-electron chi connectivity index (χ1n) is 4.87. The van der Waals surface area contributed by atoms with Gasteiger partial charge in [0.1, 0.15) is 5.69 Å². The van der Waals surface area contributed by atoms with E-state index in [0.717, 1.165) is 10.6 Å². The highest BCUT2D eigenvalue weighted by molar-refractivity contribution is 7.98. The Bertz CT molecular complexity index is 548. The number of aromatic nitrogens is 1. The Kier molecular flexibility index (Phi) is 3.45. The smallest absolute Gasteiger partial charge is 0.352 e. The second kappa shape index (κ2) is 4.85. The average Bonchev–Trinajstić information content (AvgIpc) is 2.72. The van der Waals surface area contributed by atoms with Gasteiger partial charge in [0.15, 0.2) is 0 Å². The normalized spacial score (nSPS) is 10.5. The van der Waals surface area contributed by atoms with Crippen LogP contribution in [0, 0.1) is 0 Å². The molecule has 0 amide bonds. The SMILES string of the molecule is CSc1ccc(-n2cc(Cl)cc2C(=O)O)cc1. The maximum absolute atomic E-state index is 11.0. The molecular weight excluding hydrogens is 258 g/mol. The number of nitrogens with zero attached hydrogens (tertiary/aromatic N) is 1. The molecule has 0 saturated heterocycles. The van der Waals surface area contributed by atoms with E-state index in [1.807, 2.05) is 30.5 Å². The summed E-state index contributed by atoms with van der Waals surface area (Å²) in [7, 11) is 0. The minimum absolute atomic E-state index is 0.159. The van der Waals surface area contributed by atoms with Crippen molar-refractivity contribution in [1.29, 1.82) is 0 Å². The fourth-order valence-corrected chi connectivity index (χ4v) is 2.16. The van der Waals surface area contributed by atoms with Gasteiger partial charge < -0.3 is 9.67 Å². The van der Waals surface area contributed by atoms with Crippen LogP contribution in [0.25, 0.3) is 5.69 Å². The van der Waals surface area contributed by atoms with Gasteiger partial charge in [-0.3, -0.25) is 0 Å². The number of benzene rings is 1. The van der Waals surface area contributed by atoms with Crippen molar-refractivity contribution >= 4 is 29.3 Å². The summed E-state index contributed by atoms with van der Waals surface area (Å²) in [4.78, 5) is 12.2. The first kappa shape index (κ1) is 12.1. The highest BCUT2D eigenvalue weighted by Gasteiger charge is 2.12. The third kappa shape index (κ3) is 2.48. The summed E-state index contributed by atoms with van der Waals surface area (Å²) in [5, 5.41) is 9.47. The molecule has 0 atom stereocenters. The molecule has 2 rings (SSSR count). The third-order valence-corrected chi connectivity index (χ3v) is 3.31. The molecule has 0 aliphatic carbocycles. The molecule has 5 heteroatoms. The van der Waals surface area contributed by atoms with Crippen LogP contribution in [-0.4, -0.2) is 21.9 Å². The van der Waals surface area contributed by atoms with Crippen LogP contribution in [0.1, 0.15) is 10.5 Å². The molecule has 17 heavy (non-hydrogen) atoms. The van der Waals surface area contributed by atoms with Gasteiger partial charge in [0.05, 0.1) is 5.02 Å². The van der Waals surface area contributed by atoms with Gasteiger partial charge in [-0.25, -0.2) is 4.79 Å². The van der Waals surface area contributed by atoms with E-state index in [2.05, 4.69) is 0 Å². The number of thioether (sulfide) groups is 1. The first-order chi connectivity index (χ1) is 8.11. The largest absolute Gasteiger partial charge is 0.477 e. The zero-order chi connectivity index (χ0) is 12.4. The van der Waals surface area contributed by atoms with Crippen molar-refractivity contribution < 1.29 is 9.90 Å². The van der Waals surface area contributed by atoms with Gasteiger partial charge in [-0.15, -0.1) is 11.8 Å². The molecule has 0 aliphatic rings. The highest BCUT2D eigenvalue weighted by atomic mass is 35.5. The van der Waals surface area contributed by atoms with Crippen molar-refractivity contribution in [3.63, 3.8) is 0 Å². The van der Waals surface area contributed by atoms with Gasteiger partial charge >= 0.3 is 5.97 Å². The maximum Gasteiger partial charge on any atom is 0.352 e. The zero-order valence-corrected chi connectivity index (χ0v) is 10.6. The van der Waals surface area contributed by atoms with E-state index in [1.54, 1.807) is 22.5 Å². The molecule has 1 aromatic carbocycles. The molecule has 0 aliphatic heterocycles. The van der Waals surface area contributed by atoms with E-state index in [9.17, 15) is 4.79 Å². The number of carbonyl (C=O) groups is 1. The minimum atomic E-state index is -0.995. The van der Waals surface area contributed by atoms with E-state index in [-0.39, 0.29) is 5.69 Å². The predicted molar refractivity (Wildman–Crippen MR) is 69.5 cm³/mol. The van der Waals surface area contributed by atoms with Gasteiger partial charge in [0, 0.05) is 16.8 Å². The number of carboxylic acids is 1. The van der Waals surface area contributed by atoms with E-state index in [1.165, 1.54) is 6.07 Å². The predicted octanol–water partition coefficient (Wildman–Crippen LogP) is 3.55. The lowest BCUT2D eigenvalue weighted by Crippen LogP contribution is -2.05. The average molecular weight is 268 g/mol. The van der Waals surface area contributed by atoms with Crippen molar-refractivity contribution in [3.8, 4) is 5.69 Å². The van der Waals surface area contributed by atoms with E-state index in [0.29, 0.717) is 5.02 Å². The number of hydrogen-bond donors (Lipinski definition) is 1. The molecule has 1 aromatic heterocycles. The Hall–Kier alpha value is -1.39. The highest BCUT2D eigenvalue weighted by Crippen LogP contribution is 2.22. The molecule has 0 spiro atoms. The molecule has 88 valence electrons. The fraction of sp³-hybridized carbons (Fsp3) is 0.0833. The van der Waals surface area contributed by atoms with Gasteiger partial charge in [-0.1, -0.05) is 11.6 Å². The molecule has 2 aromatic rings. The Morgan fingerprint density at radius 1 is 1.35 bits per heavy atom. The quantitative estimate of drug-likeness (QED) is 0.865. The summed E-state index contributed by atoms with van der Waals surface area (Å²) in [6.07, 6.45) is 3.59. The van der Waals surface area contributed by atoms with Crippen molar-refractivity contribution in [1.82, 2.24) is 4.57 Å². The monoisotopic (exact) mass is 267 g/mol. The Morgan fingerprint density at radius 3 is 2.53 bits per heavy atom. The number of rotatable bonds is 3. The summed E-state index contributed by atoms with van der Waals surface area (Å²) >= 11 is 7.47. The van der Waals surface area contributed by atoms with Crippen molar-refractivity contribution in [2.24, 2.45) is 0 Å². The first-order valence-corrected chi connectivity index (χ1v) is 6.47. The van der Waals surface area contributed by atoms with Crippen LogP contribution in [0.4, 0.5) is 0 Å². The molecule has 0 bridgehead atoms. The number of carboxylic acid groups (broad SMARTS) is 1. The zero-order valence-electron chi connectivity index (χ0n) is 9.05. The van der Waals surface area contributed by atoms with Gasteiger partial charge in [-0.2, -0.15) is 0 Å². The summed E-state index contributed by atoms with van der Waals surface area (Å²) in [6.45, 7) is 0. The van der Waals surface area contributed by atoms with Crippen LogP contribution in [0.5, 0.6) is 0 Å². The molecule has 0 unspecified atom stereocenters. The van der Waals surface area contributed by atoms with Crippen molar-refractivity contribution in [3.05, 3.63) is 47.2 Å². The fourth-order valence-electron chi connectivity index (χ4n) is 1.55.